The maximum atomic E-state index is 12.5. The fourth-order valence-electron chi connectivity index (χ4n) is 2.44. The van der Waals surface area contributed by atoms with Crippen molar-refractivity contribution in [3.05, 3.63) is 71.0 Å². The van der Waals surface area contributed by atoms with Crippen LogP contribution in [0.2, 0.25) is 5.02 Å². The van der Waals surface area contributed by atoms with E-state index in [-0.39, 0.29) is 11.8 Å². The Kier molecular flexibility index (Phi) is 5.04. The summed E-state index contributed by atoms with van der Waals surface area (Å²) in [6, 6.07) is 14.3. The van der Waals surface area contributed by atoms with E-state index in [1.54, 1.807) is 23.0 Å². The summed E-state index contributed by atoms with van der Waals surface area (Å²) in [7, 11) is 0. The number of aryl methyl sites for hydroxylation is 1. The van der Waals surface area contributed by atoms with E-state index in [1.807, 2.05) is 37.3 Å². The fraction of sp³-hybridized carbons (Fsp3) is 0.105. The van der Waals surface area contributed by atoms with Gasteiger partial charge in [0.05, 0.1) is 34.0 Å². The third kappa shape index (κ3) is 3.92. The SMILES string of the molecule is CC(=O)Nc1ccc(C(=O)Nc2cn(-c3ccccc3)nc2C)cc1Cl. The van der Waals surface area contributed by atoms with E-state index in [4.69, 9.17) is 11.6 Å². The van der Waals surface area contributed by atoms with E-state index in [0.29, 0.717) is 27.7 Å². The third-order valence-electron chi connectivity index (χ3n) is 3.71. The number of nitrogens with one attached hydrogen (secondary N) is 2. The molecule has 0 aliphatic carbocycles. The highest BCUT2D eigenvalue weighted by atomic mass is 35.5. The predicted octanol–water partition coefficient (Wildman–Crippen LogP) is 4.04. The summed E-state index contributed by atoms with van der Waals surface area (Å²) in [5, 5.41) is 10.2. The van der Waals surface area contributed by atoms with E-state index in [2.05, 4.69) is 15.7 Å². The Bertz CT molecular complexity index is 967. The molecule has 0 saturated heterocycles. The third-order valence-corrected chi connectivity index (χ3v) is 4.02. The summed E-state index contributed by atoms with van der Waals surface area (Å²) in [6.45, 7) is 3.21. The van der Waals surface area contributed by atoms with Gasteiger partial charge in [-0.05, 0) is 37.3 Å². The Morgan fingerprint density at radius 2 is 1.77 bits per heavy atom. The van der Waals surface area contributed by atoms with Gasteiger partial charge in [-0.2, -0.15) is 5.10 Å². The lowest BCUT2D eigenvalue weighted by Crippen LogP contribution is -2.13. The number of hydrogen-bond donors (Lipinski definition) is 2. The van der Waals surface area contributed by atoms with Crippen LogP contribution >= 0.6 is 11.6 Å². The zero-order valence-electron chi connectivity index (χ0n) is 14.3. The van der Waals surface area contributed by atoms with Gasteiger partial charge >= 0.3 is 0 Å². The number of amides is 2. The first-order chi connectivity index (χ1) is 12.4. The van der Waals surface area contributed by atoms with Crippen molar-refractivity contribution in [2.75, 3.05) is 10.6 Å². The highest BCUT2D eigenvalue weighted by molar-refractivity contribution is 6.34. The normalized spacial score (nSPS) is 10.4. The Morgan fingerprint density at radius 1 is 1.04 bits per heavy atom. The molecule has 2 N–H and O–H groups in total. The molecule has 0 spiro atoms. The van der Waals surface area contributed by atoms with E-state index < -0.39 is 0 Å². The molecule has 1 aromatic heterocycles. The number of carbonyl (C=O) groups excluding carboxylic acids is 2. The topological polar surface area (TPSA) is 76.0 Å². The van der Waals surface area contributed by atoms with Gasteiger partial charge in [-0.15, -0.1) is 0 Å². The number of aromatic nitrogens is 2. The molecule has 2 amide bonds. The molecule has 0 unspecified atom stereocenters. The zero-order valence-corrected chi connectivity index (χ0v) is 15.0. The van der Waals surface area contributed by atoms with Crippen LogP contribution in [0.4, 0.5) is 11.4 Å². The summed E-state index contributed by atoms with van der Waals surface area (Å²) < 4.78 is 1.71. The van der Waals surface area contributed by atoms with Crippen LogP contribution in [0.25, 0.3) is 5.69 Å². The fourth-order valence-corrected chi connectivity index (χ4v) is 2.67. The van der Waals surface area contributed by atoms with Gasteiger partial charge < -0.3 is 10.6 Å². The monoisotopic (exact) mass is 368 g/mol. The summed E-state index contributed by atoms with van der Waals surface area (Å²) >= 11 is 6.12. The Hall–Kier alpha value is -3.12. The number of hydrogen-bond acceptors (Lipinski definition) is 3. The van der Waals surface area contributed by atoms with Gasteiger partial charge in [0, 0.05) is 12.5 Å². The quantitative estimate of drug-likeness (QED) is 0.729. The van der Waals surface area contributed by atoms with Gasteiger partial charge in [-0.25, -0.2) is 4.68 Å². The molecule has 0 saturated carbocycles. The Labute approximate surface area is 155 Å². The second kappa shape index (κ2) is 7.41. The predicted molar refractivity (Wildman–Crippen MR) is 102 cm³/mol. The minimum Gasteiger partial charge on any atom is -0.325 e. The van der Waals surface area contributed by atoms with Crippen LogP contribution in [0.5, 0.6) is 0 Å². The molecule has 1 heterocycles. The summed E-state index contributed by atoms with van der Waals surface area (Å²) in [5.74, 6) is -0.537. The number of para-hydroxylation sites is 1. The first-order valence-corrected chi connectivity index (χ1v) is 8.32. The first-order valence-electron chi connectivity index (χ1n) is 7.94. The smallest absolute Gasteiger partial charge is 0.255 e. The summed E-state index contributed by atoms with van der Waals surface area (Å²) in [5.41, 5.74) is 3.06. The molecule has 6 nitrogen and oxygen atoms in total. The minimum atomic E-state index is -0.308. The van der Waals surface area contributed by atoms with Crippen molar-refractivity contribution in [1.29, 1.82) is 0 Å². The van der Waals surface area contributed by atoms with Crippen molar-refractivity contribution in [2.24, 2.45) is 0 Å². The Balaban J connectivity index is 1.79. The lowest BCUT2D eigenvalue weighted by molar-refractivity contribution is -0.114. The van der Waals surface area contributed by atoms with Crippen molar-refractivity contribution in [3.8, 4) is 5.69 Å². The van der Waals surface area contributed by atoms with Crippen molar-refractivity contribution in [2.45, 2.75) is 13.8 Å². The highest BCUT2D eigenvalue weighted by Crippen LogP contribution is 2.24. The van der Waals surface area contributed by atoms with Crippen LogP contribution in [0, 0.1) is 6.92 Å². The Morgan fingerprint density at radius 3 is 2.42 bits per heavy atom. The molecule has 0 aliphatic heterocycles. The van der Waals surface area contributed by atoms with Crippen LogP contribution < -0.4 is 10.6 Å². The van der Waals surface area contributed by atoms with Gasteiger partial charge in [0.2, 0.25) is 5.91 Å². The van der Waals surface area contributed by atoms with Crippen LogP contribution in [0.1, 0.15) is 23.0 Å². The molecule has 26 heavy (non-hydrogen) atoms. The number of anilines is 2. The second-order valence-electron chi connectivity index (χ2n) is 5.74. The van der Waals surface area contributed by atoms with Crippen molar-refractivity contribution < 1.29 is 9.59 Å². The van der Waals surface area contributed by atoms with Gasteiger partial charge in [-0.3, -0.25) is 9.59 Å². The first kappa shape index (κ1) is 17.7. The molecule has 3 rings (SSSR count). The molecule has 2 aromatic carbocycles. The molecule has 0 aliphatic rings. The number of nitrogens with zero attached hydrogens (tertiary/aromatic N) is 2. The average molecular weight is 369 g/mol. The molecular formula is C19H17ClN4O2. The molecule has 0 atom stereocenters. The van der Waals surface area contributed by atoms with Crippen LogP contribution in [-0.2, 0) is 4.79 Å². The van der Waals surface area contributed by atoms with Crippen LogP contribution in [0.15, 0.2) is 54.7 Å². The zero-order chi connectivity index (χ0) is 18.7. The highest BCUT2D eigenvalue weighted by Gasteiger charge is 2.13. The number of carbonyl (C=O) groups is 2. The lowest BCUT2D eigenvalue weighted by atomic mass is 10.2. The van der Waals surface area contributed by atoms with Crippen molar-refractivity contribution in [1.82, 2.24) is 9.78 Å². The van der Waals surface area contributed by atoms with E-state index in [9.17, 15) is 9.59 Å². The number of rotatable bonds is 4. The second-order valence-corrected chi connectivity index (χ2v) is 6.15. The molecule has 0 fully saturated rings. The minimum absolute atomic E-state index is 0.229. The van der Waals surface area contributed by atoms with E-state index in [0.717, 1.165) is 5.69 Å². The van der Waals surface area contributed by atoms with Crippen molar-refractivity contribution in [3.63, 3.8) is 0 Å². The number of benzene rings is 2. The van der Waals surface area contributed by atoms with Gasteiger partial charge in [0.25, 0.3) is 5.91 Å². The molecule has 7 heteroatoms. The molecular weight excluding hydrogens is 352 g/mol. The molecule has 3 aromatic rings. The largest absolute Gasteiger partial charge is 0.325 e. The molecule has 132 valence electrons. The van der Waals surface area contributed by atoms with E-state index >= 15 is 0 Å². The van der Waals surface area contributed by atoms with E-state index in [1.165, 1.54) is 13.0 Å². The standard InChI is InChI=1S/C19H17ClN4O2/c1-12-18(11-24(23-12)15-6-4-3-5-7-15)22-19(26)14-8-9-17(16(20)10-14)21-13(2)25/h3-11H,1-2H3,(H,21,25)(H,22,26). The maximum Gasteiger partial charge on any atom is 0.255 e. The molecule has 0 radical (unpaired) electrons. The lowest BCUT2D eigenvalue weighted by Gasteiger charge is -2.08. The van der Waals surface area contributed by atoms with Gasteiger partial charge in [-0.1, -0.05) is 29.8 Å². The summed E-state index contributed by atoms with van der Waals surface area (Å²) in [6.07, 6.45) is 1.76. The van der Waals surface area contributed by atoms with Gasteiger partial charge in [0.1, 0.15) is 0 Å². The molecule has 0 bridgehead atoms. The van der Waals surface area contributed by atoms with Gasteiger partial charge in [0.15, 0.2) is 0 Å². The van der Waals surface area contributed by atoms with Crippen LogP contribution in [0.3, 0.4) is 0 Å². The van der Waals surface area contributed by atoms with Crippen molar-refractivity contribution >= 4 is 34.8 Å². The van der Waals surface area contributed by atoms with Crippen LogP contribution in [-0.4, -0.2) is 21.6 Å². The summed E-state index contributed by atoms with van der Waals surface area (Å²) in [4.78, 5) is 23.6. The average Bonchev–Trinajstić information content (AvgIpc) is 2.98. The number of halogens is 1. The maximum absolute atomic E-state index is 12.5.